The fourth-order valence-corrected chi connectivity index (χ4v) is 3.44. The molecule has 0 aliphatic carbocycles. The third kappa shape index (κ3) is 5.17. The highest BCUT2D eigenvalue weighted by atomic mass is 16.5. The molecule has 1 aromatic heterocycles. The first-order valence-corrected chi connectivity index (χ1v) is 9.86. The molecule has 1 aliphatic heterocycles. The number of para-hydroxylation sites is 1. The zero-order chi connectivity index (χ0) is 26.7. The van der Waals surface area contributed by atoms with Gasteiger partial charge < -0.3 is 26.0 Å². The maximum Gasteiger partial charge on any atom is 0.323 e. The first kappa shape index (κ1) is 19.5. The summed E-state index contributed by atoms with van der Waals surface area (Å²) in [5.74, 6) is -0.706. The van der Waals surface area contributed by atoms with E-state index in [0.717, 1.165) is 6.34 Å². The SMILES string of the molecule is [2H]C([2H])([2H])NC(=O)c1nnc(NC(=O)N2CC(C)(C)C2)cc1Nc1cccc(C(N)=NC=N)c1OC. The van der Waals surface area contributed by atoms with Crippen molar-refractivity contribution in [2.45, 2.75) is 13.8 Å². The van der Waals surface area contributed by atoms with Crippen LogP contribution in [0.4, 0.5) is 22.0 Å². The number of carbonyl (C=O) groups excluding carboxylic acids is 2. The molecule has 0 radical (unpaired) electrons. The van der Waals surface area contributed by atoms with E-state index in [9.17, 15) is 9.59 Å². The lowest BCUT2D eigenvalue weighted by atomic mass is 9.85. The Kier molecular flexibility index (Phi) is 5.61. The Bertz CT molecular complexity index is 1210. The molecule has 12 heteroatoms. The van der Waals surface area contributed by atoms with E-state index in [2.05, 4.69) is 25.8 Å². The van der Waals surface area contributed by atoms with E-state index in [1.807, 2.05) is 19.2 Å². The average molecular weight is 457 g/mol. The molecule has 1 fully saturated rings. The van der Waals surface area contributed by atoms with Crippen molar-refractivity contribution < 1.29 is 18.4 Å². The van der Waals surface area contributed by atoms with E-state index < -0.39 is 12.9 Å². The summed E-state index contributed by atoms with van der Waals surface area (Å²) in [6.07, 6.45) is 0.785. The number of anilines is 3. The minimum atomic E-state index is -2.76. The number of carbonyl (C=O) groups is 2. The zero-order valence-electron chi connectivity index (χ0n) is 21.4. The molecule has 3 amide bonds. The van der Waals surface area contributed by atoms with Crippen molar-refractivity contribution >= 4 is 41.3 Å². The number of aliphatic imine (C=N–C) groups is 1. The molecule has 6 N–H and O–H groups in total. The van der Waals surface area contributed by atoms with Crippen molar-refractivity contribution in [2.24, 2.45) is 16.1 Å². The summed E-state index contributed by atoms with van der Waals surface area (Å²) >= 11 is 0. The van der Waals surface area contributed by atoms with Crippen LogP contribution >= 0.6 is 0 Å². The van der Waals surface area contributed by atoms with E-state index in [1.54, 1.807) is 23.1 Å². The Hall–Kier alpha value is -4.22. The summed E-state index contributed by atoms with van der Waals surface area (Å²) in [6.45, 7) is 2.46. The largest absolute Gasteiger partial charge is 0.494 e. The second-order valence-electron chi connectivity index (χ2n) is 8.05. The van der Waals surface area contributed by atoms with Crippen LogP contribution in [0.2, 0.25) is 0 Å². The lowest BCUT2D eigenvalue weighted by Crippen LogP contribution is -2.56. The second kappa shape index (κ2) is 9.51. The van der Waals surface area contributed by atoms with Gasteiger partial charge in [-0.25, -0.2) is 9.79 Å². The topological polar surface area (TPSA) is 171 Å². The van der Waals surface area contributed by atoms with Crippen molar-refractivity contribution in [1.29, 1.82) is 5.41 Å². The molecule has 1 aromatic carbocycles. The van der Waals surface area contributed by atoms with Gasteiger partial charge in [-0.05, 0) is 12.1 Å². The van der Waals surface area contributed by atoms with E-state index in [1.165, 1.54) is 13.2 Å². The molecule has 12 nitrogen and oxygen atoms in total. The third-order valence-electron chi connectivity index (χ3n) is 4.85. The van der Waals surface area contributed by atoms with E-state index in [-0.39, 0.29) is 40.2 Å². The van der Waals surface area contributed by atoms with Gasteiger partial charge in [-0.3, -0.25) is 15.5 Å². The van der Waals surface area contributed by atoms with Crippen molar-refractivity contribution in [3.63, 3.8) is 0 Å². The highest BCUT2D eigenvalue weighted by Crippen LogP contribution is 2.33. The number of benzene rings is 1. The Morgan fingerprint density at radius 3 is 2.73 bits per heavy atom. The Balaban J connectivity index is 1.98. The quantitative estimate of drug-likeness (QED) is 0.312. The highest BCUT2D eigenvalue weighted by Gasteiger charge is 2.37. The number of nitrogens with two attached hydrogens (primary N) is 1. The van der Waals surface area contributed by atoms with Gasteiger partial charge in [0.2, 0.25) is 0 Å². The van der Waals surface area contributed by atoms with Gasteiger partial charge in [-0.15, -0.1) is 10.2 Å². The van der Waals surface area contributed by atoms with E-state index in [4.69, 9.17) is 20.0 Å². The summed E-state index contributed by atoms with van der Waals surface area (Å²) < 4.78 is 27.4. The Labute approximate surface area is 195 Å². The molecule has 1 aliphatic rings. The van der Waals surface area contributed by atoms with Gasteiger partial charge in [0.15, 0.2) is 17.3 Å². The van der Waals surface area contributed by atoms with Gasteiger partial charge in [-0.1, -0.05) is 19.9 Å². The molecular formula is C21H27N9O3. The average Bonchev–Trinajstić information content (AvgIpc) is 2.76. The number of hydrogen-bond donors (Lipinski definition) is 5. The van der Waals surface area contributed by atoms with Crippen LogP contribution in [0, 0.1) is 10.8 Å². The summed E-state index contributed by atoms with van der Waals surface area (Å²) in [5, 5.41) is 22.4. The van der Waals surface area contributed by atoms with Crippen LogP contribution in [0.25, 0.3) is 0 Å². The number of hydrogen-bond acceptors (Lipinski definition) is 7. The normalized spacial score (nSPS) is 16.4. The first-order valence-electron chi connectivity index (χ1n) is 11.4. The molecule has 1 saturated heterocycles. The van der Waals surface area contributed by atoms with Gasteiger partial charge in [0.25, 0.3) is 5.91 Å². The predicted octanol–water partition coefficient (Wildman–Crippen LogP) is 1.77. The van der Waals surface area contributed by atoms with Crippen LogP contribution in [-0.4, -0.2) is 66.4 Å². The first-order chi connectivity index (χ1) is 16.8. The summed E-state index contributed by atoms with van der Waals surface area (Å²) in [7, 11) is 1.40. The number of ether oxygens (including phenoxy) is 1. The van der Waals surface area contributed by atoms with Crippen LogP contribution in [-0.2, 0) is 0 Å². The van der Waals surface area contributed by atoms with Crippen molar-refractivity contribution in [1.82, 2.24) is 20.4 Å². The molecule has 0 atom stereocenters. The van der Waals surface area contributed by atoms with Crippen molar-refractivity contribution in [3.8, 4) is 5.75 Å². The third-order valence-corrected chi connectivity index (χ3v) is 4.85. The van der Waals surface area contributed by atoms with Crippen LogP contribution in [0.5, 0.6) is 5.75 Å². The molecule has 174 valence electrons. The van der Waals surface area contributed by atoms with Gasteiger partial charge in [0.05, 0.1) is 24.0 Å². The van der Waals surface area contributed by atoms with Crippen LogP contribution < -0.4 is 26.4 Å². The van der Waals surface area contributed by atoms with Crippen molar-refractivity contribution in [3.05, 3.63) is 35.5 Å². The molecule has 33 heavy (non-hydrogen) atoms. The van der Waals surface area contributed by atoms with Gasteiger partial charge in [0.1, 0.15) is 12.2 Å². The minimum absolute atomic E-state index is 0.0177. The molecule has 2 heterocycles. The monoisotopic (exact) mass is 456 g/mol. The number of rotatable bonds is 7. The number of nitrogens with zero attached hydrogens (tertiary/aromatic N) is 4. The van der Waals surface area contributed by atoms with E-state index in [0.29, 0.717) is 24.3 Å². The maximum atomic E-state index is 12.7. The fraction of sp³-hybridized carbons (Fsp3) is 0.333. The molecule has 0 spiro atoms. The maximum absolute atomic E-state index is 12.7. The number of aromatic nitrogens is 2. The van der Waals surface area contributed by atoms with Crippen molar-refractivity contribution in [2.75, 3.05) is 37.8 Å². The molecule has 0 bridgehead atoms. The van der Waals surface area contributed by atoms with E-state index >= 15 is 0 Å². The number of nitrogens with one attached hydrogen (secondary N) is 4. The molecule has 0 saturated carbocycles. The number of amidine groups is 1. The van der Waals surface area contributed by atoms with Gasteiger partial charge in [0, 0.05) is 35.7 Å². The molecular weight excluding hydrogens is 426 g/mol. The zero-order valence-corrected chi connectivity index (χ0v) is 18.4. The van der Waals surface area contributed by atoms with Crippen LogP contribution in [0.15, 0.2) is 29.3 Å². The summed E-state index contributed by atoms with van der Waals surface area (Å²) in [4.78, 5) is 30.5. The Morgan fingerprint density at radius 2 is 2.09 bits per heavy atom. The Morgan fingerprint density at radius 1 is 1.33 bits per heavy atom. The number of amides is 3. The second-order valence-corrected chi connectivity index (χ2v) is 8.05. The molecule has 2 aromatic rings. The van der Waals surface area contributed by atoms with Gasteiger partial charge in [-0.2, -0.15) is 0 Å². The molecule has 3 rings (SSSR count). The minimum Gasteiger partial charge on any atom is -0.494 e. The lowest BCUT2D eigenvalue weighted by molar-refractivity contribution is 0.0687. The predicted molar refractivity (Wildman–Crippen MR) is 126 cm³/mol. The highest BCUT2D eigenvalue weighted by molar-refractivity contribution is 6.05. The standard InChI is InChI=1S/C21H27N9O3/c1-21(2)9-30(10-21)20(32)27-15-8-14(16(29-28-15)19(31)24-3)26-13-7-5-6-12(17(13)33-4)18(23)25-11-22/h5-8,11H,9-10H2,1-4H3,(H,24,31)(H3,22,23,25)(H2,26,27,28,32)/i3D3. The fourth-order valence-electron chi connectivity index (χ4n) is 3.44. The summed E-state index contributed by atoms with van der Waals surface area (Å²) in [5.41, 5.74) is 6.37. The lowest BCUT2D eigenvalue weighted by Gasteiger charge is -2.45. The number of urea groups is 1. The van der Waals surface area contributed by atoms with Crippen LogP contribution in [0.1, 0.15) is 34.0 Å². The van der Waals surface area contributed by atoms with Gasteiger partial charge >= 0.3 is 6.03 Å². The smallest absolute Gasteiger partial charge is 0.323 e. The number of methoxy groups -OCH3 is 1. The van der Waals surface area contributed by atoms with Crippen LogP contribution in [0.3, 0.4) is 0 Å². The number of likely N-dealkylation sites (tertiary alicyclic amines) is 1. The summed E-state index contributed by atoms with van der Waals surface area (Å²) in [6, 6.07) is 5.85. The molecule has 0 unspecified atom stereocenters.